The van der Waals surface area contributed by atoms with Crippen LogP contribution in [0.1, 0.15) is 20.8 Å². The molecule has 1 heterocycles. The van der Waals surface area contributed by atoms with Crippen LogP contribution in [0.2, 0.25) is 0 Å². The molecule has 0 radical (unpaired) electrons. The summed E-state index contributed by atoms with van der Waals surface area (Å²) in [5.74, 6) is 0.383. The summed E-state index contributed by atoms with van der Waals surface area (Å²) in [4.78, 5) is 22.8. The first-order chi connectivity index (χ1) is 12.8. The second-order valence-corrected chi connectivity index (χ2v) is 6.37. The van der Waals surface area contributed by atoms with Crippen molar-refractivity contribution in [3.05, 3.63) is 40.8 Å². The predicted octanol–water partition coefficient (Wildman–Crippen LogP) is 3.11. The maximum Gasteiger partial charge on any atom is 0.508 e. The standard InChI is InChI=1S/C19H24O8/c1-12(26-18(21)23-5)17(22-4)19(2,3)25-11-24-14-8-6-7-13-9-10-15(20)27-16(13)14/h6-10,12,17H,11H2,1-5H3. The number of methoxy groups -OCH3 is 2. The molecular weight excluding hydrogens is 356 g/mol. The molecule has 2 atom stereocenters. The van der Waals surface area contributed by atoms with Gasteiger partial charge in [-0.05, 0) is 32.9 Å². The van der Waals surface area contributed by atoms with Crippen LogP contribution in [0.15, 0.2) is 39.5 Å². The topological polar surface area (TPSA) is 93.4 Å². The molecule has 2 rings (SSSR count). The van der Waals surface area contributed by atoms with Gasteiger partial charge in [-0.2, -0.15) is 0 Å². The summed E-state index contributed by atoms with van der Waals surface area (Å²) in [5, 5.41) is 0.737. The van der Waals surface area contributed by atoms with E-state index >= 15 is 0 Å². The third kappa shape index (κ3) is 5.21. The lowest BCUT2D eigenvalue weighted by molar-refractivity contribution is -0.178. The molecule has 148 valence electrons. The number of para-hydroxylation sites is 1. The molecule has 0 saturated heterocycles. The minimum atomic E-state index is -0.854. The average Bonchev–Trinajstić information content (AvgIpc) is 2.62. The molecule has 0 spiro atoms. The van der Waals surface area contributed by atoms with Crippen molar-refractivity contribution >= 4 is 17.1 Å². The van der Waals surface area contributed by atoms with Crippen LogP contribution in [-0.2, 0) is 18.9 Å². The highest BCUT2D eigenvalue weighted by Crippen LogP contribution is 2.26. The van der Waals surface area contributed by atoms with Crippen molar-refractivity contribution in [3.63, 3.8) is 0 Å². The predicted molar refractivity (Wildman–Crippen MR) is 96.9 cm³/mol. The van der Waals surface area contributed by atoms with E-state index in [4.69, 9.17) is 23.4 Å². The number of carbonyl (C=O) groups is 1. The molecule has 8 nitrogen and oxygen atoms in total. The van der Waals surface area contributed by atoms with Gasteiger partial charge in [-0.1, -0.05) is 12.1 Å². The Morgan fingerprint density at radius 2 is 1.93 bits per heavy atom. The van der Waals surface area contributed by atoms with E-state index in [1.807, 2.05) is 6.07 Å². The molecule has 0 aliphatic carbocycles. The first-order valence-electron chi connectivity index (χ1n) is 8.35. The Balaban J connectivity index is 2.05. The number of ether oxygens (including phenoxy) is 5. The van der Waals surface area contributed by atoms with Crippen LogP contribution in [0.3, 0.4) is 0 Å². The van der Waals surface area contributed by atoms with Crippen molar-refractivity contribution < 1.29 is 32.9 Å². The largest absolute Gasteiger partial charge is 0.508 e. The molecule has 0 saturated carbocycles. The zero-order chi connectivity index (χ0) is 20.0. The van der Waals surface area contributed by atoms with E-state index in [2.05, 4.69) is 4.74 Å². The van der Waals surface area contributed by atoms with Crippen LogP contribution in [0.25, 0.3) is 11.0 Å². The number of fused-ring (bicyclic) bond motifs is 1. The number of hydrogen-bond acceptors (Lipinski definition) is 8. The van der Waals surface area contributed by atoms with E-state index in [0.29, 0.717) is 11.3 Å². The lowest BCUT2D eigenvalue weighted by Crippen LogP contribution is -2.49. The monoisotopic (exact) mass is 380 g/mol. The molecule has 0 amide bonds. The molecular formula is C19H24O8. The quantitative estimate of drug-likeness (QED) is 0.392. The van der Waals surface area contributed by atoms with E-state index in [0.717, 1.165) is 5.39 Å². The van der Waals surface area contributed by atoms with Gasteiger partial charge in [-0.25, -0.2) is 9.59 Å². The van der Waals surface area contributed by atoms with Crippen molar-refractivity contribution in [3.8, 4) is 5.75 Å². The summed E-state index contributed by atoms with van der Waals surface area (Å²) in [6, 6.07) is 8.28. The fourth-order valence-electron chi connectivity index (χ4n) is 2.81. The van der Waals surface area contributed by atoms with E-state index < -0.39 is 29.6 Å². The van der Waals surface area contributed by atoms with Crippen molar-refractivity contribution in [1.29, 1.82) is 0 Å². The van der Waals surface area contributed by atoms with Crippen molar-refractivity contribution in [1.82, 2.24) is 0 Å². The molecule has 1 aromatic carbocycles. The van der Waals surface area contributed by atoms with Gasteiger partial charge in [0.25, 0.3) is 0 Å². The maximum absolute atomic E-state index is 11.5. The Labute approximate surface area is 156 Å². The zero-order valence-electron chi connectivity index (χ0n) is 16.0. The smallest absolute Gasteiger partial charge is 0.464 e. The molecule has 0 aliphatic rings. The Bertz CT molecular complexity index is 826. The van der Waals surface area contributed by atoms with Crippen molar-refractivity contribution in [2.24, 2.45) is 0 Å². The van der Waals surface area contributed by atoms with Crippen LogP contribution in [0, 0.1) is 0 Å². The second kappa shape index (κ2) is 8.88. The maximum atomic E-state index is 11.5. The summed E-state index contributed by atoms with van der Waals surface area (Å²) in [5.41, 5.74) is -0.974. The molecule has 0 bridgehead atoms. The molecule has 2 unspecified atom stereocenters. The lowest BCUT2D eigenvalue weighted by Gasteiger charge is -2.35. The number of hydrogen-bond donors (Lipinski definition) is 0. The van der Waals surface area contributed by atoms with Crippen LogP contribution in [-0.4, -0.2) is 45.0 Å². The first-order valence-corrected chi connectivity index (χ1v) is 8.35. The highest BCUT2D eigenvalue weighted by atomic mass is 16.7. The van der Waals surface area contributed by atoms with Gasteiger partial charge in [-0.3, -0.25) is 0 Å². The second-order valence-electron chi connectivity index (χ2n) is 6.37. The van der Waals surface area contributed by atoms with E-state index in [1.54, 1.807) is 39.0 Å². The summed E-state index contributed by atoms with van der Waals surface area (Å²) in [6.45, 7) is 5.11. The van der Waals surface area contributed by atoms with E-state index in [1.165, 1.54) is 20.3 Å². The first kappa shape index (κ1) is 20.7. The normalized spacial score (nSPS) is 13.8. The average molecular weight is 380 g/mol. The summed E-state index contributed by atoms with van der Waals surface area (Å²) >= 11 is 0. The molecule has 0 aliphatic heterocycles. The molecule has 1 aromatic heterocycles. The Hall–Kier alpha value is -2.58. The third-order valence-electron chi connectivity index (χ3n) is 4.07. The van der Waals surface area contributed by atoms with E-state index in [9.17, 15) is 9.59 Å². The van der Waals surface area contributed by atoms with E-state index in [-0.39, 0.29) is 6.79 Å². The Morgan fingerprint density at radius 1 is 1.19 bits per heavy atom. The van der Waals surface area contributed by atoms with Crippen molar-refractivity contribution in [2.45, 2.75) is 38.6 Å². The Morgan fingerprint density at radius 3 is 2.59 bits per heavy atom. The molecule has 0 N–H and O–H groups in total. The number of carbonyl (C=O) groups excluding carboxylic acids is 1. The summed E-state index contributed by atoms with van der Waals surface area (Å²) in [6.07, 6.45) is -2.00. The van der Waals surface area contributed by atoms with Gasteiger partial charge >= 0.3 is 11.8 Å². The van der Waals surface area contributed by atoms with Crippen LogP contribution >= 0.6 is 0 Å². The summed E-state index contributed by atoms with van der Waals surface area (Å²) < 4.78 is 31.7. The van der Waals surface area contributed by atoms with Gasteiger partial charge in [0.15, 0.2) is 18.1 Å². The molecule has 8 heteroatoms. The van der Waals surface area contributed by atoms with Gasteiger partial charge in [0.1, 0.15) is 12.2 Å². The fourth-order valence-corrected chi connectivity index (χ4v) is 2.81. The highest BCUT2D eigenvalue weighted by molar-refractivity contribution is 5.82. The van der Waals surface area contributed by atoms with Crippen LogP contribution in [0.4, 0.5) is 4.79 Å². The lowest BCUT2D eigenvalue weighted by atomic mass is 9.97. The zero-order valence-corrected chi connectivity index (χ0v) is 16.0. The summed E-state index contributed by atoms with van der Waals surface area (Å²) in [7, 11) is 2.72. The van der Waals surface area contributed by atoms with Crippen molar-refractivity contribution in [2.75, 3.05) is 21.0 Å². The van der Waals surface area contributed by atoms with Gasteiger partial charge < -0.3 is 28.1 Å². The molecule has 2 aromatic rings. The Kier molecular flexibility index (Phi) is 6.81. The minimum absolute atomic E-state index is 0.129. The number of benzene rings is 1. The van der Waals surface area contributed by atoms with Crippen LogP contribution in [0.5, 0.6) is 5.75 Å². The molecule has 0 fully saturated rings. The van der Waals surface area contributed by atoms with Gasteiger partial charge in [0, 0.05) is 18.6 Å². The minimum Gasteiger partial charge on any atom is -0.464 e. The fraction of sp³-hybridized carbons (Fsp3) is 0.474. The molecule has 27 heavy (non-hydrogen) atoms. The number of rotatable bonds is 8. The highest BCUT2D eigenvalue weighted by Gasteiger charge is 2.37. The van der Waals surface area contributed by atoms with Gasteiger partial charge in [-0.15, -0.1) is 0 Å². The van der Waals surface area contributed by atoms with Gasteiger partial charge in [0.2, 0.25) is 0 Å². The SMILES string of the molecule is COC(=O)OC(C)C(OC)C(C)(C)OCOc1cccc2ccc(=O)oc12. The van der Waals surface area contributed by atoms with Gasteiger partial charge in [0.05, 0.1) is 12.7 Å². The van der Waals surface area contributed by atoms with Crippen LogP contribution < -0.4 is 10.4 Å². The third-order valence-corrected chi connectivity index (χ3v) is 4.07.